The van der Waals surface area contributed by atoms with Crippen LogP contribution in [0.4, 0.5) is 0 Å². The van der Waals surface area contributed by atoms with Crippen molar-refractivity contribution in [1.82, 2.24) is 15.0 Å². The average molecular weight is 315 g/mol. The van der Waals surface area contributed by atoms with Crippen molar-refractivity contribution in [2.75, 3.05) is 0 Å². The number of ether oxygens (including phenoxy) is 2. The molecule has 116 valence electrons. The van der Waals surface area contributed by atoms with Crippen molar-refractivity contribution >= 4 is 11.0 Å². The molecule has 0 aliphatic rings. The van der Waals surface area contributed by atoms with Gasteiger partial charge in [0.1, 0.15) is 11.5 Å². The number of hydrogen-bond donors (Lipinski definition) is 0. The van der Waals surface area contributed by atoms with Gasteiger partial charge in [0.2, 0.25) is 11.8 Å². The van der Waals surface area contributed by atoms with Crippen molar-refractivity contribution < 1.29 is 9.47 Å². The molecule has 24 heavy (non-hydrogen) atoms. The van der Waals surface area contributed by atoms with Gasteiger partial charge < -0.3 is 9.47 Å². The highest BCUT2D eigenvalue weighted by atomic mass is 16.5. The fourth-order valence-corrected chi connectivity index (χ4v) is 2.21. The molecule has 2 aromatic carbocycles. The van der Waals surface area contributed by atoms with Crippen LogP contribution < -0.4 is 9.47 Å². The lowest BCUT2D eigenvalue weighted by molar-refractivity contribution is 0.450. The number of hydrogen-bond acceptors (Lipinski definition) is 5. The Labute approximate surface area is 138 Å². The van der Waals surface area contributed by atoms with Crippen molar-refractivity contribution in [3.63, 3.8) is 0 Å². The zero-order valence-corrected chi connectivity index (χ0v) is 12.7. The van der Waals surface area contributed by atoms with Gasteiger partial charge in [0.25, 0.3) is 0 Å². The lowest BCUT2D eigenvalue weighted by Crippen LogP contribution is -1.91. The Balaban J connectivity index is 1.50. The maximum atomic E-state index is 5.75. The Morgan fingerprint density at radius 2 is 1.25 bits per heavy atom. The average Bonchev–Trinajstić information content (AvgIpc) is 2.64. The maximum absolute atomic E-state index is 5.75. The summed E-state index contributed by atoms with van der Waals surface area (Å²) in [5, 5.41) is 0. The smallest absolute Gasteiger partial charge is 0.238 e. The van der Waals surface area contributed by atoms with Crippen LogP contribution in [0.3, 0.4) is 0 Å². The molecule has 2 heterocycles. The fourth-order valence-electron chi connectivity index (χ4n) is 2.21. The Bertz CT molecular complexity index is 957. The van der Waals surface area contributed by atoms with Crippen LogP contribution in [-0.4, -0.2) is 15.0 Å². The SMILES string of the molecule is c1ccc(Oc2ccc(Oc3cnc4ccccc4n3)cc2)nc1. The number of nitrogens with zero attached hydrogens (tertiary/aromatic N) is 3. The molecule has 0 N–H and O–H groups in total. The summed E-state index contributed by atoms with van der Waals surface area (Å²) in [5.41, 5.74) is 1.63. The second kappa shape index (κ2) is 6.34. The first kappa shape index (κ1) is 14.1. The standard InChI is InChI=1S/C19H13N3O2/c1-2-6-17-16(5-1)21-13-19(22-17)24-15-10-8-14(9-11-15)23-18-7-3-4-12-20-18/h1-13H. The maximum Gasteiger partial charge on any atom is 0.238 e. The third-order valence-corrected chi connectivity index (χ3v) is 3.33. The zero-order chi connectivity index (χ0) is 16.2. The highest BCUT2D eigenvalue weighted by Gasteiger charge is 2.03. The number of pyridine rings is 1. The molecule has 0 amide bonds. The molecular formula is C19H13N3O2. The van der Waals surface area contributed by atoms with Crippen molar-refractivity contribution in [3.8, 4) is 23.3 Å². The fraction of sp³-hybridized carbons (Fsp3) is 0. The van der Waals surface area contributed by atoms with E-state index in [1.165, 1.54) is 0 Å². The van der Waals surface area contributed by atoms with Gasteiger partial charge in [0.05, 0.1) is 17.2 Å². The lowest BCUT2D eigenvalue weighted by Gasteiger charge is -2.07. The van der Waals surface area contributed by atoms with Crippen LogP contribution in [0.2, 0.25) is 0 Å². The monoisotopic (exact) mass is 315 g/mol. The molecule has 0 bridgehead atoms. The number of rotatable bonds is 4. The highest BCUT2D eigenvalue weighted by molar-refractivity contribution is 5.74. The van der Waals surface area contributed by atoms with Crippen LogP contribution in [0.25, 0.3) is 11.0 Å². The van der Waals surface area contributed by atoms with Gasteiger partial charge in [-0.2, -0.15) is 0 Å². The molecule has 0 saturated carbocycles. The summed E-state index contributed by atoms with van der Waals surface area (Å²) in [7, 11) is 0. The molecule has 5 nitrogen and oxygen atoms in total. The van der Waals surface area contributed by atoms with Crippen molar-refractivity contribution in [2.45, 2.75) is 0 Å². The van der Waals surface area contributed by atoms with E-state index in [1.807, 2.05) is 60.7 Å². The first-order valence-corrected chi connectivity index (χ1v) is 7.45. The van der Waals surface area contributed by atoms with Crippen LogP contribution in [0, 0.1) is 0 Å². The van der Waals surface area contributed by atoms with Crippen LogP contribution in [0.15, 0.2) is 79.1 Å². The highest BCUT2D eigenvalue weighted by Crippen LogP contribution is 2.25. The minimum absolute atomic E-state index is 0.451. The molecule has 0 aliphatic carbocycles. The van der Waals surface area contributed by atoms with Gasteiger partial charge in [-0.05, 0) is 42.5 Å². The normalized spacial score (nSPS) is 10.5. The lowest BCUT2D eigenvalue weighted by atomic mass is 10.3. The van der Waals surface area contributed by atoms with E-state index in [9.17, 15) is 0 Å². The van der Waals surface area contributed by atoms with E-state index < -0.39 is 0 Å². The second-order valence-electron chi connectivity index (χ2n) is 5.04. The molecule has 0 saturated heterocycles. The van der Waals surface area contributed by atoms with Crippen molar-refractivity contribution in [3.05, 3.63) is 79.1 Å². The van der Waals surface area contributed by atoms with Gasteiger partial charge >= 0.3 is 0 Å². The van der Waals surface area contributed by atoms with Crippen LogP contribution >= 0.6 is 0 Å². The van der Waals surface area contributed by atoms with E-state index in [2.05, 4.69) is 15.0 Å². The molecule has 5 heteroatoms. The Hall–Kier alpha value is -3.47. The first-order chi connectivity index (χ1) is 11.9. The van der Waals surface area contributed by atoms with E-state index in [0.717, 1.165) is 11.0 Å². The molecule has 0 atom stereocenters. The summed E-state index contributed by atoms with van der Waals surface area (Å²) in [6, 6.07) is 20.4. The third-order valence-electron chi connectivity index (χ3n) is 3.33. The number of benzene rings is 2. The van der Waals surface area contributed by atoms with E-state index in [1.54, 1.807) is 18.5 Å². The number of para-hydroxylation sites is 2. The number of fused-ring (bicyclic) bond motifs is 1. The molecule has 0 aliphatic heterocycles. The van der Waals surface area contributed by atoms with E-state index in [0.29, 0.717) is 23.3 Å². The Morgan fingerprint density at radius 1 is 0.583 bits per heavy atom. The largest absolute Gasteiger partial charge is 0.439 e. The molecule has 4 rings (SSSR count). The Morgan fingerprint density at radius 3 is 1.96 bits per heavy atom. The molecular weight excluding hydrogens is 302 g/mol. The van der Waals surface area contributed by atoms with E-state index in [-0.39, 0.29) is 0 Å². The summed E-state index contributed by atoms with van der Waals surface area (Å²) >= 11 is 0. The Kier molecular flexibility index (Phi) is 3.73. The minimum atomic E-state index is 0.451. The molecule has 0 radical (unpaired) electrons. The molecule has 0 unspecified atom stereocenters. The molecule has 2 aromatic heterocycles. The van der Waals surface area contributed by atoms with Gasteiger partial charge in [-0.15, -0.1) is 0 Å². The van der Waals surface area contributed by atoms with Gasteiger partial charge in [-0.3, -0.25) is 0 Å². The summed E-state index contributed by atoms with van der Waals surface area (Å²) in [6.45, 7) is 0. The van der Waals surface area contributed by atoms with Crippen LogP contribution in [0.5, 0.6) is 23.3 Å². The topological polar surface area (TPSA) is 57.1 Å². The van der Waals surface area contributed by atoms with E-state index >= 15 is 0 Å². The quantitative estimate of drug-likeness (QED) is 0.550. The van der Waals surface area contributed by atoms with Gasteiger partial charge in [0.15, 0.2) is 0 Å². The summed E-state index contributed by atoms with van der Waals surface area (Å²) < 4.78 is 11.4. The molecule has 0 spiro atoms. The predicted octanol–water partition coefficient (Wildman–Crippen LogP) is 4.61. The summed E-state index contributed by atoms with van der Waals surface area (Å²) in [4.78, 5) is 12.9. The van der Waals surface area contributed by atoms with Gasteiger partial charge in [-0.25, -0.2) is 15.0 Å². The van der Waals surface area contributed by atoms with Gasteiger partial charge in [-0.1, -0.05) is 18.2 Å². The third kappa shape index (κ3) is 3.15. The molecule has 0 fully saturated rings. The van der Waals surface area contributed by atoms with Crippen molar-refractivity contribution in [1.29, 1.82) is 0 Å². The molecule has 4 aromatic rings. The van der Waals surface area contributed by atoms with Crippen LogP contribution in [-0.2, 0) is 0 Å². The van der Waals surface area contributed by atoms with E-state index in [4.69, 9.17) is 9.47 Å². The first-order valence-electron chi connectivity index (χ1n) is 7.45. The van der Waals surface area contributed by atoms with Gasteiger partial charge in [0, 0.05) is 12.3 Å². The predicted molar refractivity (Wildman–Crippen MR) is 90.4 cm³/mol. The summed E-state index contributed by atoms with van der Waals surface area (Å²) in [6.07, 6.45) is 3.30. The second-order valence-corrected chi connectivity index (χ2v) is 5.04. The minimum Gasteiger partial charge on any atom is -0.439 e. The van der Waals surface area contributed by atoms with Crippen LogP contribution in [0.1, 0.15) is 0 Å². The summed E-state index contributed by atoms with van der Waals surface area (Å²) in [5.74, 6) is 2.34. The number of aromatic nitrogens is 3. The zero-order valence-electron chi connectivity index (χ0n) is 12.7. The van der Waals surface area contributed by atoms with Crippen molar-refractivity contribution in [2.24, 2.45) is 0 Å².